The molecular weight excluding hydrogens is 244 g/mol. The van der Waals surface area contributed by atoms with Crippen molar-refractivity contribution in [3.05, 3.63) is 11.6 Å². The first-order valence-electron chi connectivity index (χ1n) is 5.17. The number of nitrogens with zero attached hydrogens (tertiary/aromatic N) is 2. The van der Waals surface area contributed by atoms with Crippen LogP contribution in [0.5, 0.6) is 0 Å². The Hall–Kier alpha value is -1.63. The molecule has 0 atom stereocenters. The molecule has 0 aliphatic heterocycles. The van der Waals surface area contributed by atoms with E-state index in [0.717, 1.165) is 5.13 Å². The van der Waals surface area contributed by atoms with Gasteiger partial charge in [0.15, 0.2) is 5.13 Å². The van der Waals surface area contributed by atoms with Crippen LogP contribution in [-0.4, -0.2) is 40.2 Å². The molecular formula is C10H14N2O4S. The fourth-order valence-corrected chi connectivity index (χ4v) is 2.02. The SMILES string of the molecule is O=C(O)CCCN(CCC(=O)O)c1nccs1. The van der Waals surface area contributed by atoms with Crippen molar-refractivity contribution >= 4 is 28.4 Å². The van der Waals surface area contributed by atoms with Crippen LogP contribution in [0.15, 0.2) is 11.6 Å². The molecule has 0 aliphatic carbocycles. The van der Waals surface area contributed by atoms with Crippen molar-refractivity contribution in [1.29, 1.82) is 0 Å². The molecule has 0 aromatic carbocycles. The Morgan fingerprint density at radius 1 is 1.24 bits per heavy atom. The molecule has 0 saturated heterocycles. The zero-order valence-electron chi connectivity index (χ0n) is 9.20. The van der Waals surface area contributed by atoms with Gasteiger partial charge in [-0.05, 0) is 6.42 Å². The summed E-state index contributed by atoms with van der Waals surface area (Å²) in [6, 6.07) is 0. The van der Waals surface area contributed by atoms with Gasteiger partial charge in [-0.2, -0.15) is 0 Å². The lowest BCUT2D eigenvalue weighted by molar-refractivity contribution is -0.138. The van der Waals surface area contributed by atoms with Gasteiger partial charge >= 0.3 is 11.9 Å². The molecule has 0 amide bonds. The first-order valence-corrected chi connectivity index (χ1v) is 6.05. The molecule has 6 nitrogen and oxygen atoms in total. The number of aliphatic carboxylic acids is 2. The summed E-state index contributed by atoms with van der Waals surface area (Å²) in [5.74, 6) is -1.72. The van der Waals surface area contributed by atoms with Gasteiger partial charge in [-0.3, -0.25) is 9.59 Å². The predicted molar refractivity (Wildman–Crippen MR) is 63.4 cm³/mol. The van der Waals surface area contributed by atoms with Crippen molar-refractivity contribution in [2.75, 3.05) is 18.0 Å². The van der Waals surface area contributed by atoms with Crippen LogP contribution in [0.1, 0.15) is 19.3 Å². The molecule has 1 rings (SSSR count). The van der Waals surface area contributed by atoms with Crippen molar-refractivity contribution in [3.63, 3.8) is 0 Å². The van der Waals surface area contributed by atoms with Gasteiger partial charge in [0.05, 0.1) is 6.42 Å². The van der Waals surface area contributed by atoms with E-state index in [2.05, 4.69) is 4.98 Å². The van der Waals surface area contributed by atoms with Crippen LogP contribution >= 0.6 is 11.3 Å². The molecule has 0 radical (unpaired) electrons. The summed E-state index contributed by atoms with van der Waals surface area (Å²) >= 11 is 1.42. The Morgan fingerprint density at radius 3 is 2.47 bits per heavy atom. The van der Waals surface area contributed by atoms with Gasteiger partial charge in [-0.25, -0.2) is 4.98 Å². The summed E-state index contributed by atoms with van der Waals surface area (Å²) in [4.78, 5) is 26.8. The first-order chi connectivity index (χ1) is 8.09. The molecule has 0 unspecified atom stereocenters. The van der Waals surface area contributed by atoms with Gasteiger partial charge in [0.1, 0.15) is 0 Å². The first kappa shape index (κ1) is 13.4. The molecule has 7 heteroatoms. The number of hydrogen-bond donors (Lipinski definition) is 2. The van der Waals surface area contributed by atoms with E-state index in [4.69, 9.17) is 10.2 Å². The standard InChI is InChI=1S/C10H14N2O4S/c13-8(14)2-1-5-12(6-3-9(15)16)10-11-4-7-17-10/h4,7H,1-3,5-6H2,(H,13,14)(H,15,16). The summed E-state index contributed by atoms with van der Waals surface area (Å²) in [6.07, 6.45) is 2.22. The zero-order chi connectivity index (χ0) is 12.7. The zero-order valence-corrected chi connectivity index (χ0v) is 10.0. The van der Waals surface area contributed by atoms with Gasteiger partial charge in [0, 0.05) is 31.1 Å². The molecule has 2 N–H and O–H groups in total. The summed E-state index contributed by atoms with van der Waals surface area (Å²) in [5.41, 5.74) is 0. The third-order valence-corrected chi connectivity index (χ3v) is 2.94. The Morgan fingerprint density at radius 2 is 1.94 bits per heavy atom. The minimum Gasteiger partial charge on any atom is -0.481 e. The molecule has 1 aromatic heterocycles. The predicted octanol–water partition coefficient (Wildman–Crippen LogP) is 1.29. The molecule has 17 heavy (non-hydrogen) atoms. The van der Waals surface area contributed by atoms with Crippen molar-refractivity contribution in [3.8, 4) is 0 Å². The van der Waals surface area contributed by atoms with Gasteiger partial charge in [-0.15, -0.1) is 11.3 Å². The largest absolute Gasteiger partial charge is 0.481 e. The molecule has 1 aromatic rings. The maximum atomic E-state index is 10.5. The Labute approximate surface area is 103 Å². The molecule has 0 bridgehead atoms. The quantitative estimate of drug-likeness (QED) is 0.730. The van der Waals surface area contributed by atoms with Crippen molar-refractivity contribution in [1.82, 2.24) is 4.98 Å². The molecule has 0 aliphatic rings. The second-order valence-electron chi connectivity index (χ2n) is 3.44. The highest BCUT2D eigenvalue weighted by Gasteiger charge is 2.11. The number of thiazole rings is 1. The van der Waals surface area contributed by atoms with Crippen LogP contribution in [0.3, 0.4) is 0 Å². The van der Waals surface area contributed by atoms with E-state index >= 15 is 0 Å². The molecule has 0 spiro atoms. The monoisotopic (exact) mass is 258 g/mol. The van der Waals surface area contributed by atoms with E-state index in [1.165, 1.54) is 11.3 Å². The second-order valence-corrected chi connectivity index (χ2v) is 4.32. The van der Waals surface area contributed by atoms with Gasteiger partial charge in [-0.1, -0.05) is 0 Å². The lowest BCUT2D eigenvalue weighted by Crippen LogP contribution is -2.27. The molecule has 0 fully saturated rings. The number of aromatic nitrogens is 1. The topological polar surface area (TPSA) is 90.7 Å². The Kier molecular flexibility index (Phi) is 5.41. The average Bonchev–Trinajstić information content (AvgIpc) is 2.75. The van der Waals surface area contributed by atoms with Crippen LogP contribution in [-0.2, 0) is 9.59 Å². The third-order valence-electron chi connectivity index (χ3n) is 2.10. The minimum absolute atomic E-state index is 0.0205. The van der Waals surface area contributed by atoms with Gasteiger partial charge in [0.2, 0.25) is 0 Å². The summed E-state index contributed by atoms with van der Waals surface area (Å²) in [5, 5.41) is 19.7. The molecule has 0 saturated carbocycles. The summed E-state index contributed by atoms with van der Waals surface area (Å²) in [7, 11) is 0. The van der Waals surface area contributed by atoms with Crippen LogP contribution in [0.4, 0.5) is 5.13 Å². The van der Waals surface area contributed by atoms with E-state index in [0.29, 0.717) is 19.5 Å². The Bertz CT molecular complexity index is 366. The molecule has 94 valence electrons. The lowest BCUT2D eigenvalue weighted by atomic mass is 10.3. The smallest absolute Gasteiger partial charge is 0.305 e. The fourth-order valence-electron chi connectivity index (χ4n) is 1.33. The second kappa shape index (κ2) is 6.85. The summed E-state index contributed by atoms with van der Waals surface area (Å²) in [6.45, 7) is 0.857. The number of hydrogen-bond acceptors (Lipinski definition) is 5. The number of carboxylic acids is 2. The van der Waals surface area contributed by atoms with E-state index < -0.39 is 11.9 Å². The lowest BCUT2D eigenvalue weighted by Gasteiger charge is -2.20. The highest BCUT2D eigenvalue weighted by atomic mass is 32.1. The van der Waals surface area contributed by atoms with E-state index in [-0.39, 0.29) is 12.8 Å². The third kappa shape index (κ3) is 5.30. The normalized spacial score (nSPS) is 10.1. The molecule has 1 heterocycles. The average molecular weight is 258 g/mol. The maximum Gasteiger partial charge on any atom is 0.305 e. The van der Waals surface area contributed by atoms with Crippen molar-refractivity contribution in [2.24, 2.45) is 0 Å². The minimum atomic E-state index is -0.871. The number of carbonyl (C=O) groups is 2. The van der Waals surface area contributed by atoms with Gasteiger partial charge in [0.25, 0.3) is 0 Å². The van der Waals surface area contributed by atoms with Crippen LogP contribution in [0, 0.1) is 0 Å². The van der Waals surface area contributed by atoms with E-state index in [1.54, 1.807) is 11.6 Å². The van der Waals surface area contributed by atoms with E-state index in [9.17, 15) is 9.59 Å². The van der Waals surface area contributed by atoms with Crippen LogP contribution < -0.4 is 4.90 Å². The van der Waals surface area contributed by atoms with Crippen LogP contribution in [0.25, 0.3) is 0 Å². The van der Waals surface area contributed by atoms with Crippen molar-refractivity contribution < 1.29 is 19.8 Å². The van der Waals surface area contributed by atoms with Crippen molar-refractivity contribution in [2.45, 2.75) is 19.3 Å². The van der Waals surface area contributed by atoms with Crippen LogP contribution in [0.2, 0.25) is 0 Å². The van der Waals surface area contributed by atoms with Gasteiger partial charge < -0.3 is 15.1 Å². The Balaban J connectivity index is 2.47. The number of carboxylic acid groups (broad SMARTS) is 2. The highest BCUT2D eigenvalue weighted by molar-refractivity contribution is 7.13. The highest BCUT2D eigenvalue weighted by Crippen LogP contribution is 2.18. The van der Waals surface area contributed by atoms with E-state index in [1.807, 2.05) is 4.90 Å². The maximum absolute atomic E-state index is 10.5. The fraction of sp³-hybridized carbons (Fsp3) is 0.500. The number of rotatable bonds is 8. The summed E-state index contributed by atoms with van der Waals surface area (Å²) < 4.78 is 0. The number of anilines is 1.